The van der Waals surface area contributed by atoms with E-state index in [1.807, 2.05) is 6.92 Å². The molecule has 1 N–H and O–H groups in total. The molecular formula is C7H12ClN3S. The van der Waals surface area contributed by atoms with Crippen LogP contribution in [0.5, 0.6) is 0 Å². The number of halogens is 1. The number of alkyl halides is 1. The molecule has 1 unspecified atom stereocenters. The Morgan fingerprint density at radius 3 is 2.92 bits per heavy atom. The van der Waals surface area contributed by atoms with Gasteiger partial charge in [0.2, 0.25) is 5.13 Å². The Bertz CT molecular complexity index is 238. The number of hydrogen-bond donors (Lipinski definition) is 1. The van der Waals surface area contributed by atoms with Crippen LogP contribution < -0.4 is 5.32 Å². The molecule has 1 atom stereocenters. The Kier molecular flexibility index (Phi) is 3.75. The van der Waals surface area contributed by atoms with Gasteiger partial charge in [0, 0.05) is 18.1 Å². The van der Waals surface area contributed by atoms with Crippen molar-refractivity contribution in [3.63, 3.8) is 0 Å². The molecule has 0 saturated heterocycles. The lowest BCUT2D eigenvalue weighted by atomic mass is 10.3. The molecule has 1 heterocycles. The van der Waals surface area contributed by atoms with Gasteiger partial charge < -0.3 is 5.32 Å². The standard InChI is InChI=1S/C7H12ClN3S/c1-3-6(8)4-9-7-10-5(2)11-12-7/h6H,3-4H2,1-2H3,(H,9,10,11). The van der Waals surface area contributed by atoms with Crippen LogP contribution in [0.4, 0.5) is 5.13 Å². The molecule has 0 bridgehead atoms. The summed E-state index contributed by atoms with van der Waals surface area (Å²) in [5.74, 6) is 0.810. The van der Waals surface area contributed by atoms with Gasteiger partial charge in [-0.3, -0.25) is 0 Å². The van der Waals surface area contributed by atoms with E-state index in [2.05, 4.69) is 21.6 Å². The van der Waals surface area contributed by atoms with E-state index < -0.39 is 0 Å². The number of aryl methyl sites for hydroxylation is 1. The monoisotopic (exact) mass is 205 g/mol. The molecule has 0 saturated carbocycles. The molecule has 3 nitrogen and oxygen atoms in total. The Hall–Kier alpha value is -0.350. The minimum atomic E-state index is 0.175. The van der Waals surface area contributed by atoms with Crippen LogP contribution in [0.15, 0.2) is 0 Å². The number of nitrogens with one attached hydrogen (secondary N) is 1. The lowest BCUT2D eigenvalue weighted by Crippen LogP contribution is -2.12. The molecule has 0 aliphatic rings. The summed E-state index contributed by atoms with van der Waals surface area (Å²) in [7, 11) is 0. The zero-order valence-corrected chi connectivity index (χ0v) is 8.74. The van der Waals surface area contributed by atoms with Crippen LogP contribution in [0.3, 0.4) is 0 Å². The fourth-order valence-corrected chi connectivity index (χ4v) is 1.37. The maximum absolute atomic E-state index is 5.92. The van der Waals surface area contributed by atoms with Crippen LogP contribution in [0, 0.1) is 6.92 Å². The van der Waals surface area contributed by atoms with Gasteiger partial charge in [0.05, 0.1) is 5.38 Å². The van der Waals surface area contributed by atoms with Crippen LogP contribution in [0.1, 0.15) is 19.2 Å². The maximum Gasteiger partial charge on any atom is 0.202 e. The van der Waals surface area contributed by atoms with E-state index in [1.165, 1.54) is 11.5 Å². The zero-order chi connectivity index (χ0) is 8.97. The second-order valence-corrected chi connectivity index (χ2v) is 3.90. The molecule has 0 radical (unpaired) electrons. The van der Waals surface area contributed by atoms with E-state index in [9.17, 15) is 0 Å². The van der Waals surface area contributed by atoms with Crippen molar-refractivity contribution in [1.29, 1.82) is 0 Å². The van der Waals surface area contributed by atoms with Crippen molar-refractivity contribution in [2.75, 3.05) is 11.9 Å². The van der Waals surface area contributed by atoms with Crippen molar-refractivity contribution in [1.82, 2.24) is 9.36 Å². The van der Waals surface area contributed by atoms with Gasteiger partial charge in [0.25, 0.3) is 0 Å². The van der Waals surface area contributed by atoms with Gasteiger partial charge >= 0.3 is 0 Å². The van der Waals surface area contributed by atoms with E-state index in [4.69, 9.17) is 11.6 Å². The fraction of sp³-hybridized carbons (Fsp3) is 0.714. The summed E-state index contributed by atoms with van der Waals surface area (Å²) in [6.07, 6.45) is 0.965. The highest BCUT2D eigenvalue weighted by Crippen LogP contribution is 2.11. The third kappa shape index (κ3) is 2.95. The van der Waals surface area contributed by atoms with Crippen molar-refractivity contribution in [2.45, 2.75) is 25.6 Å². The Balaban J connectivity index is 2.33. The molecule has 1 rings (SSSR count). The van der Waals surface area contributed by atoms with Gasteiger partial charge in [-0.25, -0.2) is 4.98 Å². The molecule has 0 amide bonds. The molecule has 12 heavy (non-hydrogen) atoms. The fourth-order valence-electron chi connectivity index (χ4n) is 0.711. The van der Waals surface area contributed by atoms with E-state index in [0.29, 0.717) is 0 Å². The molecule has 1 aromatic heterocycles. The second kappa shape index (κ2) is 4.62. The third-order valence-corrected chi connectivity index (χ3v) is 2.67. The van der Waals surface area contributed by atoms with Gasteiger partial charge in [-0.2, -0.15) is 4.37 Å². The highest BCUT2D eigenvalue weighted by Gasteiger charge is 2.03. The minimum Gasteiger partial charge on any atom is -0.359 e. The smallest absolute Gasteiger partial charge is 0.202 e. The first-order chi connectivity index (χ1) is 5.72. The first-order valence-corrected chi connectivity index (χ1v) is 5.11. The Morgan fingerprint density at radius 1 is 1.67 bits per heavy atom. The SMILES string of the molecule is CCC(Cl)CNc1nc(C)ns1. The summed E-state index contributed by atoms with van der Waals surface area (Å²) >= 11 is 7.29. The molecule has 68 valence electrons. The molecule has 0 aromatic carbocycles. The minimum absolute atomic E-state index is 0.175. The number of nitrogens with zero attached hydrogens (tertiary/aromatic N) is 2. The number of anilines is 1. The Labute approximate surface area is 81.3 Å². The lowest BCUT2D eigenvalue weighted by molar-refractivity contribution is 0.842. The van der Waals surface area contributed by atoms with Crippen LogP contribution >= 0.6 is 23.1 Å². The molecule has 0 fully saturated rings. The predicted octanol–water partition coefficient (Wildman–Crippen LogP) is 2.28. The average Bonchev–Trinajstić information content (AvgIpc) is 2.47. The predicted molar refractivity (Wildman–Crippen MR) is 53.1 cm³/mol. The molecule has 0 aliphatic carbocycles. The summed E-state index contributed by atoms with van der Waals surface area (Å²) in [5.41, 5.74) is 0. The third-order valence-electron chi connectivity index (χ3n) is 1.45. The van der Waals surface area contributed by atoms with Crippen molar-refractivity contribution in [3.8, 4) is 0 Å². The number of aromatic nitrogens is 2. The summed E-state index contributed by atoms with van der Waals surface area (Å²) in [6.45, 7) is 4.69. The Morgan fingerprint density at radius 2 is 2.42 bits per heavy atom. The summed E-state index contributed by atoms with van der Waals surface area (Å²) in [5, 5.41) is 4.16. The normalized spacial score (nSPS) is 12.9. The van der Waals surface area contributed by atoms with Crippen molar-refractivity contribution >= 4 is 28.3 Å². The topological polar surface area (TPSA) is 37.8 Å². The molecule has 5 heteroatoms. The maximum atomic E-state index is 5.92. The van der Waals surface area contributed by atoms with Gasteiger partial charge in [-0.15, -0.1) is 11.6 Å². The van der Waals surface area contributed by atoms with Crippen molar-refractivity contribution in [2.24, 2.45) is 0 Å². The lowest BCUT2D eigenvalue weighted by Gasteiger charge is -2.05. The quantitative estimate of drug-likeness (QED) is 0.767. The largest absolute Gasteiger partial charge is 0.359 e. The average molecular weight is 206 g/mol. The van der Waals surface area contributed by atoms with E-state index >= 15 is 0 Å². The molecule has 1 aromatic rings. The highest BCUT2D eigenvalue weighted by molar-refractivity contribution is 7.09. The first-order valence-electron chi connectivity index (χ1n) is 3.90. The van der Waals surface area contributed by atoms with Gasteiger partial charge in [-0.05, 0) is 13.3 Å². The van der Waals surface area contributed by atoms with Crippen LogP contribution in [-0.4, -0.2) is 21.3 Å². The van der Waals surface area contributed by atoms with Gasteiger partial charge in [0.1, 0.15) is 5.82 Å². The van der Waals surface area contributed by atoms with Gasteiger partial charge in [0.15, 0.2) is 0 Å². The van der Waals surface area contributed by atoms with E-state index in [1.54, 1.807) is 0 Å². The van der Waals surface area contributed by atoms with Crippen LogP contribution in [-0.2, 0) is 0 Å². The van der Waals surface area contributed by atoms with Crippen molar-refractivity contribution in [3.05, 3.63) is 5.82 Å². The van der Waals surface area contributed by atoms with E-state index in [0.717, 1.165) is 23.9 Å². The van der Waals surface area contributed by atoms with Crippen LogP contribution in [0.2, 0.25) is 0 Å². The van der Waals surface area contributed by atoms with E-state index in [-0.39, 0.29) is 5.38 Å². The highest BCUT2D eigenvalue weighted by atomic mass is 35.5. The number of rotatable bonds is 4. The van der Waals surface area contributed by atoms with Gasteiger partial charge in [-0.1, -0.05) is 6.92 Å². The molecule has 0 spiro atoms. The summed E-state index contributed by atoms with van der Waals surface area (Å²) in [6, 6.07) is 0. The number of hydrogen-bond acceptors (Lipinski definition) is 4. The molecular weight excluding hydrogens is 194 g/mol. The van der Waals surface area contributed by atoms with Crippen molar-refractivity contribution < 1.29 is 0 Å². The summed E-state index contributed by atoms with van der Waals surface area (Å²) < 4.78 is 4.05. The zero-order valence-electron chi connectivity index (χ0n) is 7.17. The second-order valence-electron chi connectivity index (χ2n) is 2.53. The summed E-state index contributed by atoms with van der Waals surface area (Å²) in [4.78, 5) is 4.15. The van der Waals surface area contributed by atoms with Crippen LogP contribution in [0.25, 0.3) is 0 Å². The first kappa shape index (κ1) is 9.74. The molecule has 0 aliphatic heterocycles.